The molecular formula is C20H25FN3O3S+. The van der Waals surface area contributed by atoms with Crippen molar-refractivity contribution >= 4 is 21.6 Å². The molecule has 1 atom stereocenters. The van der Waals surface area contributed by atoms with E-state index >= 15 is 0 Å². The Morgan fingerprint density at radius 1 is 1.14 bits per heavy atom. The first kappa shape index (κ1) is 20.4. The van der Waals surface area contributed by atoms with Crippen LogP contribution >= 0.6 is 0 Å². The van der Waals surface area contributed by atoms with Crippen molar-refractivity contribution in [2.24, 2.45) is 0 Å². The van der Waals surface area contributed by atoms with Crippen LogP contribution in [0.2, 0.25) is 0 Å². The molecular weight excluding hydrogens is 381 g/mol. The van der Waals surface area contributed by atoms with Crippen LogP contribution in [0.25, 0.3) is 0 Å². The number of hydrogen-bond acceptors (Lipinski definition) is 3. The van der Waals surface area contributed by atoms with E-state index in [9.17, 15) is 17.6 Å². The third-order valence-corrected chi connectivity index (χ3v) is 6.61. The Labute approximate surface area is 165 Å². The Morgan fingerprint density at radius 3 is 2.46 bits per heavy atom. The predicted molar refractivity (Wildman–Crippen MR) is 105 cm³/mol. The number of rotatable bonds is 7. The Balaban J connectivity index is 1.55. The average Bonchev–Trinajstić information content (AvgIpc) is 3.17. The van der Waals surface area contributed by atoms with E-state index in [1.54, 1.807) is 18.2 Å². The van der Waals surface area contributed by atoms with Gasteiger partial charge in [0, 0.05) is 24.3 Å². The molecule has 1 aliphatic rings. The second-order valence-corrected chi connectivity index (χ2v) is 9.06. The van der Waals surface area contributed by atoms with Crippen LogP contribution in [-0.4, -0.2) is 45.3 Å². The summed E-state index contributed by atoms with van der Waals surface area (Å²) in [6, 6.07) is 12.6. The molecule has 3 rings (SSSR count). The molecule has 1 aliphatic heterocycles. The van der Waals surface area contributed by atoms with Crippen LogP contribution in [0.15, 0.2) is 53.4 Å². The van der Waals surface area contributed by atoms with Crippen molar-refractivity contribution in [3.8, 4) is 0 Å². The molecule has 28 heavy (non-hydrogen) atoms. The van der Waals surface area contributed by atoms with Crippen LogP contribution in [0.5, 0.6) is 0 Å². The molecule has 1 fully saturated rings. The number of benzene rings is 2. The summed E-state index contributed by atoms with van der Waals surface area (Å²) in [6.45, 7) is 1.85. The molecule has 1 heterocycles. The lowest BCUT2D eigenvalue weighted by atomic mass is 10.2. The maximum absolute atomic E-state index is 13.2. The highest BCUT2D eigenvalue weighted by Crippen LogP contribution is 2.22. The standard InChI is InChI=1S/C20H24FN3O3S/c1-23(14-16-5-4-6-17(21)13-16)15-20(25)22-18-7-9-19(10-8-18)28(26,27)24-11-2-3-12-24/h4-10,13H,2-3,11-12,14-15H2,1H3,(H,22,25)/p+1. The fraction of sp³-hybridized carbons (Fsp3) is 0.350. The summed E-state index contributed by atoms with van der Waals surface area (Å²) in [5.74, 6) is -0.484. The lowest BCUT2D eigenvalue weighted by Gasteiger charge is -2.16. The molecule has 0 bridgehead atoms. The SMILES string of the molecule is C[NH+](CC(=O)Nc1ccc(S(=O)(=O)N2CCCC2)cc1)Cc1cccc(F)c1. The zero-order chi connectivity index (χ0) is 20.1. The minimum absolute atomic E-state index is 0.191. The van der Waals surface area contributed by atoms with E-state index in [1.165, 1.54) is 28.6 Å². The van der Waals surface area contributed by atoms with E-state index in [1.807, 2.05) is 13.1 Å². The van der Waals surface area contributed by atoms with Crippen molar-refractivity contribution in [3.63, 3.8) is 0 Å². The van der Waals surface area contributed by atoms with Gasteiger partial charge < -0.3 is 10.2 Å². The molecule has 0 saturated carbocycles. The van der Waals surface area contributed by atoms with Gasteiger partial charge in [0.2, 0.25) is 10.0 Å². The highest BCUT2D eigenvalue weighted by atomic mass is 32.2. The van der Waals surface area contributed by atoms with E-state index in [-0.39, 0.29) is 23.2 Å². The fourth-order valence-electron chi connectivity index (χ4n) is 3.32. The van der Waals surface area contributed by atoms with Gasteiger partial charge in [-0.05, 0) is 49.2 Å². The molecule has 0 aliphatic carbocycles. The summed E-state index contributed by atoms with van der Waals surface area (Å²) in [5.41, 5.74) is 1.37. The summed E-state index contributed by atoms with van der Waals surface area (Å²) in [5, 5.41) is 2.78. The Kier molecular flexibility index (Phi) is 6.43. The summed E-state index contributed by atoms with van der Waals surface area (Å²) >= 11 is 0. The molecule has 2 aromatic carbocycles. The zero-order valence-electron chi connectivity index (χ0n) is 15.8. The summed E-state index contributed by atoms with van der Waals surface area (Å²) < 4.78 is 39.8. The van der Waals surface area contributed by atoms with Gasteiger partial charge in [-0.3, -0.25) is 4.79 Å². The summed E-state index contributed by atoms with van der Waals surface area (Å²) in [4.78, 5) is 13.4. The molecule has 1 saturated heterocycles. The van der Waals surface area contributed by atoms with Gasteiger partial charge in [0.05, 0.1) is 11.9 Å². The third-order valence-electron chi connectivity index (χ3n) is 4.70. The normalized spacial score (nSPS) is 16.1. The van der Waals surface area contributed by atoms with Crippen molar-refractivity contribution in [3.05, 3.63) is 59.9 Å². The molecule has 150 valence electrons. The molecule has 2 N–H and O–H groups in total. The molecule has 0 spiro atoms. The number of amides is 1. The first-order valence-electron chi connectivity index (χ1n) is 9.30. The highest BCUT2D eigenvalue weighted by Gasteiger charge is 2.27. The Morgan fingerprint density at radius 2 is 1.82 bits per heavy atom. The molecule has 0 aromatic heterocycles. The van der Waals surface area contributed by atoms with Gasteiger partial charge in [0.25, 0.3) is 5.91 Å². The molecule has 1 amide bonds. The number of likely N-dealkylation sites (N-methyl/N-ethyl adjacent to an activating group) is 1. The van der Waals surface area contributed by atoms with Crippen molar-refractivity contribution in [2.75, 3.05) is 32.0 Å². The second kappa shape index (κ2) is 8.81. The van der Waals surface area contributed by atoms with E-state index < -0.39 is 10.0 Å². The van der Waals surface area contributed by atoms with Crippen molar-refractivity contribution in [2.45, 2.75) is 24.3 Å². The zero-order valence-corrected chi connectivity index (χ0v) is 16.6. The fourth-order valence-corrected chi connectivity index (χ4v) is 4.84. The highest BCUT2D eigenvalue weighted by molar-refractivity contribution is 7.89. The summed E-state index contributed by atoms with van der Waals surface area (Å²) in [6.07, 6.45) is 1.78. The lowest BCUT2D eigenvalue weighted by molar-refractivity contribution is -0.885. The molecule has 0 radical (unpaired) electrons. The van der Waals surface area contributed by atoms with Crippen molar-refractivity contribution < 1.29 is 22.5 Å². The minimum atomic E-state index is -3.46. The summed E-state index contributed by atoms with van der Waals surface area (Å²) in [7, 11) is -1.60. The monoisotopic (exact) mass is 406 g/mol. The van der Waals surface area contributed by atoms with Gasteiger partial charge in [0.1, 0.15) is 12.4 Å². The third kappa shape index (κ3) is 5.15. The maximum Gasteiger partial charge on any atom is 0.279 e. The first-order valence-corrected chi connectivity index (χ1v) is 10.7. The smallest absolute Gasteiger partial charge is 0.279 e. The van der Waals surface area contributed by atoms with Gasteiger partial charge in [-0.25, -0.2) is 12.8 Å². The molecule has 8 heteroatoms. The van der Waals surface area contributed by atoms with Gasteiger partial charge in [0.15, 0.2) is 6.54 Å². The lowest BCUT2D eigenvalue weighted by Crippen LogP contribution is -3.08. The number of hydrogen-bond donors (Lipinski definition) is 2. The van der Waals surface area contributed by atoms with E-state index in [0.717, 1.165) is 23.3 Å². The molecule has 1 unspecified atom stereocenters. The number of halogens is 1. The topological polar surface area (TPSA) is 70.9 Å². The number of nitrogens with one attached hydrogen (secondary N) is 2. The Bertz CT molecular complexity index is 926. The quantitative estimate of drug-likeness (QED) is 0.727. The van der Waals surface area contributed by atoms with Crippen LogP contribution in [0.3, 0.4) is 0 Å². The number of carbonyl (C=O) groups is 1. The first-order chi connectivity index (χ1) is 13.3. The maximum atomic E-state index is 13.2. The number of sulfonamides is 1. The Hall–Kier alpha value is -2.29. The van der Waals surface area contributed by atoms with Crippen molar-refractivity contribution in [1.29, 1.82) is 0 Å². The molecule has 2 aromatic rings. The second-order valence-electron chi connectivity index (χ2n) is 7.12. The number of nitrogens with zero attached hydrogens (tertiary/aromatic N) is 1. The van der Waals surface area contributed by atoms with Crippen LogP contribution in [0.4, 0.5) is 10.1 Å². The average molecular weight is 407 g/mol. The van der Waals surface area contributed by atoms with Crippen LogP contribution < -0.4 is 10.2 Å². The van der Waals surface area contributed by atoms with Crippen LogP contribution in [0.1, 0.15) is 18.4 Å². The van der Waals surface area contributed by atoms with E-state index in [2.05, 4.69) is 5.32 Å². The van der Waals surface area contributed by atoms with Gasteiger partial charge in [-0.15, -0.1) is 0 Å². The van der Waals surface area contributed by atoms with Crippen LogP contribution in [-0.2, 0) is 21.4 Å². The molecule has 6 nitrogen and oxygen atoms in total. The predicted octanol–water partition coefficient (Wildman–Crippen LogP) is 1.26. The van der Waals surface area contributed by atoms with E-state index in [4.69, 9.17) is 0 Å². The number of quaternary nitrogens is 1. The van der Waals surface area contributed by atoms with E-state index in [0.29, 0.717) is 25.3 Å². The van der Waals surface area contributed by atoms with Crippen LogP contribution in [0, 0.1) is 5.82 Å². The number of anilines is 1. The van der Waals surface area contributed by atoms with Gasteiger partial charge in [-0.2, -0.15) is 4.31 Å². The van der Waals surface area contributed by atoms with Crippen molar-refractivity contribution in [1.82, 2.24) is 4.31 Å². The minimum Gasteiger partial charge on any atom is -0.326 e. The largest absolute Gasteiger partial charge is 0.326 e. The van der Waals surface area contributed by atoms with Gasteiger partial charge >= 0.3 is 0 Å². The van der Waals surface area contributed by atoms with Gasteiger partial charge in [-0.1, -0.05) is 12.1 Å². The number of carbonyl (C=O) groups excluding carboxylic acids is 1.